The maximum atomic E-state index is 8.92. The van der Waals surface area contributed by atoms with E-state index in [1.807, 2.05) is 10.8 Å². The van der Waals surface area contributed by atoms with Crippen molar-refractivity contribution in [3.05, 3.63) is 29.3 Å². The molecule has 14 heavy (non-hydrogen) atoms. The zero-order valence-electron chi connectivity index (χ0n) is 7.84. The van der Waals surface area contributed by atoms with Gasteiger partial charge in [0.05, 0.1) is 11.5 Å². The van der Waals surface area contributed by atoms with Gasteiger partial charge in [0.1, 0.15) is 5.82 Å². The van der Waals surface area contributed by atoms with Gasteiger partial charge in [0.15, 0.2) is 5.13 Å². The van der Waals surface area contributed by atoms with Gasteiger partial charge in [0.2, 0.25) is 0 Å². The van der Waals surface area contributed by atoms with E-state index < -0.39 is 0 Å². The van der Waals surface area contributed by atoms with Gasteiger partial charge in [0.25, 0.3) is 0 Å². The summed E-state index contributed by atoms with van der Waals surface area (Å²) in [5.41, 5.74) is 0. The molecular weight excluding hydrogens is 198 g/mol. The smallest absolute Gasteiger partial charge is 0.195 e. The molecule has 5 heteroatoms. The molecule has 1 N–H and O–H groups in total. The van der Waals surface area contributed by atoms with Crippen molar-refractivity contribution in [1.82, 2.24) is 14.5 Å². The Morgan fingerprint density at radius 1 is 1.50 bits per heavy atom. The number of aliphatic hydroxyl groups is 1. The molecule has 2 aromatic rings. The Morgan fingerprint density at radius 2 is 2.36 bits per heavy atom. The van der Waals surface area contributed by atoms with Crippen LogP contribution in [0.1, 0.15) is 17.6 Å². The number of imidazole rings is 1. The van der Waals surface area contributed by atoms with Crippen LogP contribution in [0.5, 0.6) is 0 Å². The molecule has 0 radical (unpaired) electrons. The van der Waals surface area contributed by atoms with E-state index in [4.69, 9.17) is 5.11 Å². The lowest BCUT2D eigenvalue weighted by Crippen LogP contribution is -1.97. The molecule has 2 rings (SSSR count). The van der Waals surface area contributed by atoms with E-state index in [-0.39, 0.29) is 6.61 Å². The van der Waals surface area contributed by atoms with Crippen LogP contribution in [0.15, 0.2) is 18.6 Å². The van der Waals surface area contributed by atoms with Gasteiger partial charge in [-0.25, -0.2) is 9.97 Å². The Bertz CT molecular complexity index is 421. The summed E-state index contributed by atoms with van der Waals surface area (Å²) in [5, 5.41) is 9.78. The summed E-state index contributed by atoms with van der Waals surface area (Å²) in [6.45, 7) is 2.10. The molecule has 2 heterocycles. The molecule has 0 aliphatic heterocycles. The number of aryl methyl sites for hydroxylation is 1. The summed E-state index contributed by atoms with van der Waals surface area (Å²) in [6, 6.07) is 0. The third-order valence-corrected chi connectivity index (χ3v) is 2.92. The van der Waals surface area contributed by atoms with Crippen molar-refractivity contribution in [3.8, 4) is 5.13 Å². The van der Waals surface area contributed by atoms with Gasteiger partial charge in [-0.3, -0.25) is 4.57 Å². The second kappa shape index (κ2) is 3.89. The monoisotopic (exact) mass is 209 g/mol. The Balaban J connectivity index is 2.38. The van der Waals surface area contributed by atoms with Crippen LogP contribution in [0.4, 0.5) is 0 Å². The summed E-state index contributed by atoms with van der Waals surface area (Å²) in [5.74, 6) is 0.990. The highest BCUT2D eigenvalue weighted by atomic mass is 32.1. The zero-order chi connectivity index (χ0) is 9.97. The molecule has 0 bridgehead atoms. The first-order valence-electron chi connectivity index (χ1n) is 4.43. The molecular formula is C9H11N3OS. The highest BCUT2D eigenvalue weighted by molar-refractivity contribution is 7.14. The van der Waals surface area contributed by atoms with Crippen LogP contribution in [-0.4, -0.2) is 19.6 Å². The number of thiazole rings is 1. The summed E-state index contributed by atoms with van der Waals surface area (Å²) >= 11 is 1.48. The van der Waals surface area contributed by atoms with E-state index in [2.05, 4.69) is 16.9 Å². The van der Waals surface area contributed by atoms with E-state index in [9.17, 15) is 0 Å². The predicted molar refractivity (Wildman–Crippen MR) is 54.5 cm³/mol. The summed E-state index contributed by atoms with van der Waals surface area (Å²) in [7, 11) is 0. The molecule has 2 aromatic heterocycles. The SMILES string of the molecule is CCc1nccn1-c1ncc(CO)s1. The van der Waals surface area contributed by atoms with Crippen LogP contribution < -0.4 is 0 Å². The molecule has 0 fully saturated rings. The lowest BCUT2D eigenvalue weighted by Gasteiger charge is -1.99. The minimum absolute atomic E-state index is 0.0494. The number of hydrogen-bond acceptors (Lipinski definition) is 4. The molecule has 0 aliphatic rings. The number of rotatable bonds is 3. The highest BCUT2D eigenvalue weighted by Gasteiger charge is 2.06. The van der Waals surface area contributed by atoms with Crippen molar-refractivity contribution in [3.63, 3.8) is 0 Å². The summed E-state index contributed by atoms with van der Waals surface area (Å²) in [4.78, 5) is 9.30. The molecule has 0 unspecified atom stereocenters. The number of hydrogen-bond donors (Lipinski definition) is 1. The zero-order valence-corrected chi connectivity index (χ0v) is 8.66. The van der Waals surface area contributed by atoms with Crippen molar-refractivity contribution in [1.29, 1.82) is 0 Å². The van der Waals surface area contributed by atoms with Crippen LogP contribution in [0, 0.1) is 0 Å². The molecule has 0 saturated carbocycles. The first kappa shape index (κ1) is 9.36. The summed E-state index contributed by atoms with van der Waals surface area (Å²) in [6.07, 6.45) is 6.22. The Morgan fingerprint density at radius 3 is 3.00 bits per heavy atom. The number of aliphatic hydroxyl groups excluding tert-OH is 1. The lowest BCUT2D eigenvalue weighted by molar-refractivity contribution is 0.285. The van der Waals surface area contributed by atoms with Crippen LogP contribution in [0.25, 0.3) is 5.13 Å². The standard InChI is InChI=1S/C9H11N3OS/c1-2-8-10-3-4-12(8)9-11-5-7(6-13)14-9/h3-5,13H,2,6H2,1H3. The van der Waals surface area contributed by atoms with E-state index >= 15 is 0 Å². The minimum Gasteiger partial charge on any atom is -0.391 e. The Kier molecular flexibility index (Phi) is 2.60. The quantitative estimate of drug-likeness (QED) is 0.831. The fourth-order valence-corrected chi connectivity index (χ4v) is 2.03. The van der Waals surface area contributed by atoms with Crippen LogP contribution in [-0.2, 0) is 13.0 Å². The van der Waals surface area contributed by atoms with Crippen LogP contribution in [0.2, 0.25) is 0 Å². The molecule has 4 nitrogen and oxygen atoms in total. The first-order chi connectivity index (χ1) is 6.85. The molecule has 0 spiro atoms. The highest BCUT2D eigenvalue weighted by Crippen LogP contribution is 2.18. The van der Waals surface area contributed by atoms with Gasteiger partial charge in [0, 0.05) is 25.0 Å². The Hall–Kier alpha value is -1.20. The Labute approximate surface area is 85.9 Å². The van der Waals surface area contributed by atoms with Crippen molar-refractivity contribution in [2.24, 2.45) is 0 Å². The largest absolute Gasteiger partial charge is 0.391 e. The van der Waals surface area contributed by atoms with E-state index in [0.29, 0.717) is 0 Å². The van der Waals surface area contributed by atoms with Gasteiger partial charge in [-0.05, 0) is 0 Å². The molecule has 0 atom stereocenters. The molecule has 0 amide bonds. The topological polar surface area (TPSA) is 50.9 Å². The lowest BCUT2D eigenvalue weighted by atomic mass is 10.5. The maximum Gasteiger partial charge on any atom is 0.195 e. The molecule has 0 aromatic carbocycles. The van der Waals surface area contributed by atoms with Gasteiger partial charge in [-0.2, -0.15) is 0 Å². The second-order valence-corrected chi connectivity index (χ2v) is 3.93. The van der Waals surface area contributed by atoms with Gasteiger partial charge in [-0.15, -0.1) is 0 Å². The molecule has 74 valence electrons. The predicted octanol–water partition coefficient (Wildman–Crippen LogP) is 1.38. The molecule has 0 aliphatic carbocycles. The number of nitrogens with zero attached hydrogens (tertiary/aromatic N) is 3. The fourth-order valence-electron chi connectivity index (χ4n) is 1.25. The van der Waals surface area contributed by atoms with Crippen LogP contribution in [0.3, 0.4) is 0 Å². The number of aromatic nitrogens is 3. The van der Waals surface area contributed by atoms with Gasteiger partial charge in [-0.1, -0.05) is 18.3 Å². The van der Waals surface area contributed by atoms with Crippen LogP contribution >= 0.6 is 11.3 Å². The van der Waals surface area contributed by atoms with Crippen molar-refractivity contribution < 1.29 is 5.11 Å². The van der Waals surface area contributed by atoms with E-state index in [0.717, 1.165) is 22.3 Å². The fraction of sp³-hybridized carbons (Fsp3) is 0.333. The first-order valence-corrected chi connectivity index (χ1v) is 5.25. The van der Waals surface area contributed by atoms with Gasteiger partial charge >= 0.3 is 0 Å². The van der Waals surface area contributed by atoms with Crippen molar-refractivity contribution in [2.75, 3.05) is 0 Å². The average Bonchev–Trinajstić information content (AvgIpc) is 2.85. The average molecular weight is 209 g/mol. The van der Waals surface area contributed by atoms with Crippen molar-refractivity contribution >= 4 is 11.3 Å². The normalized spacial score (nSPS) is 10.7. The third kappa shape index (κ3) is 1.56. The molecule has 0 saturated heterocycles. The van der Waals surface area contributed by atoms with E-state index in [1.165, 1.54) is 11.3 Å². The second-order valence-electron chi connectivity index (χ2n) is 2.83. The summed E-state index contributed by atoms with van der Waals surface area (Å²) < 4.78 is 1.95. The van der Waals surface area contributed by atoms with E-state index in [1.54, 1.807) is 12.4 Å². The third-order valence-electron chi connectivity index (χ3n) is 1.94. The maximum absolute atomic E-state index is 8.92. The minimum atomic E-state index is 0.0494. The van der Waals surface area contributed by atoms with Crippen molar-refractivity contribution in [2.45, 2.75) is 20.0 Å². The van der Waals surface area contributed by atoms with Gasteiger partial charge < -0.3 is 5.11 Å².